The Morgan fingerprint density at radius 2 is 1.71 bits per heavy atom. The van der Waals surface area contributed by atoms with Crippen molar-refractivity contribution in [2.45, 2.75) is 37.9 Å². The maximum Gasteiger partial charge on any atom is 0.416 e. The van der Waals surface area contributed by atoms with E-state index in [-0.39, 0.29) is 0 Å². The quantitative estimate of drug-likeness (QED) is 0.772. The van der Waals surface area contributed by atoms with Gasteiger partial charge in [0.25, 0.3) is 0 Å². The molecule has 0 heterocycles. The summed E-state index contributed by atoms with van der Waals surface area (Å²) >= 11 is 0. The van der Waals surface area contributed by atoms with Crippen LogP contribution in [0.15, 0.2) is 55.1 Å². The van der Waals surface area contributed by atoms with Gasteiger partial charge in [-0.15, -0.1) is 0 Å². The molecule has 0 aliphatic heterocycles. The minimum atomic E-state index is -4.29. The number of hydrogen-bond acceptors (Lipinski definition) is 1. The first-order valence-electron chi connectivity index (χ1n) is 8.13. The number of alkyl halides is 3. The van der Waals surface area contributed by atoms with Crippen molar-refractivity contribution in [1.29, 1.82) is 0 Å². The third-order valence-electron chi connectivity index (χ3n) is 4.50. The van der Waals surface area contributed by atoms with Crippen LogP contribution < -0.4 is 5.32 Å². The highest BCUT2D eigenvalue weighted by Crippen LogP contribution is 2.30. The lowest BCUT2D eigenvalue weighted by molar-refractivity contribution is -0.137. The molecule has 1 aliphatic carbocycles. The van der Waals surface area contributed by atoms with E-state index >= 15 is 0 Å². The number of halogens is 3. The molecule has 0 aromatic heterocycles. The molecule has 0 radical (unpaired) electrons. The summed E-state index contributed by atoms with van der Waals surface area (Å²) in [6, 6.07) is 13.8. The summed E-state index contributed by atoms with van der Waals surface area (Å²) in [7, 11) is 0. The Hall–Kier alpha value is -2.23. The fourth-order valence-electron chi connectivity index (χ4n) is 2.88. The SMILES string of the molecule is C=C(NC1CCC1)c1ccccc1Cc1ccc(C(F)(F)F)cc1. The number of hydrogen-bond donors (Lipinski definition) is 1. The standard InChI is InChI=1S/C20H20F3N/c1-14(24-18-6-4-7-18)19-8-3-2-5-16(19)13-15-9-11-17(12-10-15)20(21,22)23/h2-3,5,8-12,18,24H,1,4,6-7,13H2. The average Bonchev–Trinajstić information content (AvgIpc) is 2.51. The van der Waals surface area contributed by atoms with Crippen molar-refractivity contribution in [2.75, 3.05) is 0 Å². The molecule has 3 rings (SSSR count). The second-order valence-corrected chi connectivity index (χ2v) is 6.28. The molecular weight excluding hydrogens is 311 g/mol. The highest BCUT2D eigenvalue weighted by Gasteiger charge is 2.29. The van der Waals surface area contributed by atoms with E-state index in [9.17, 15) is 13.2 Å². The molecule has 1 aliphatic rings. The molecule has 1 fully saturated rings. The zero-order valence-electron chi connectivity index (χ0n) is 13.4. The minimum absolute atomic E-state index is 0.497. The molecule has 1 nitrogen and oxygen atoms in total. The molecule has 4 heteroatoms. The molecule has 0 bridgehead atoms. The lowest BCUT2D eigenvalue weighted by Crippen LogP contribution is -2.33. The van der Waals surface area contributed by atoms with Crippen LogP contribution in [0, 0.1) is 0 Å². The summed E-state index contributed by atoms with van der Waals surface area (Å²) in [5.74, 6) is 0. The van der Waals surface area contributed by atoms with Gasteiger partial charge in [0.1, 0.15) is 0 Å². The van der Waals surface area contributed by atoms with Crippen molar-refractivity contribution in [3.8, 4) is 0 Å². The smallest absolute Gasteiger partial charge is 0.382 e. The molecule has 0 saturated heterocycles. The summed E-state index contributed by atoms with van der Waals surface area (Å²) in [6.45, 7) is 4.14. The van der Waals surface area contributed by atoms with Gasteiger partial charge in [0.05, 0.1) is 5.56 Å². The molecule has 1 N–H and O–H groups in total. The van der Waals surface area contributed by atoms with Gasteiger partial charge >= 0.3 is 6.18 Å². The van der Waals surface area contributed by atoms with Crippen LogP contribution in [-0.4, -0.2) is 6.04 Å². The summed E-state index contributed by atoms with van der Waals surface area (Å²) < 4.78 is 38.0. The Kier molecular flexibility index (Phi) is 4.65. The van der Waals surface area contributed by atoms with Gasteiger partial charge in [-0.2, -0.15) is 13.2 Å². The first-order chi connectivity index (χ1) is 11.4. The van der Waals surface area contributed by atoms with Crippen LogP contribution in [-0.2, 0) is 12.6 Å². The monoisotopic (exact) mass is 331 g/mol. The largest absolute Gasteiger partial charge is 0.416 e. The topological polar surface area (TPSA) is 12.0 Å². The highest BCUT2D eigenvalue weighted by molar-refractivity contribution is 5.65. The number of benzene rings is 2. The fourth-order valence-corrected chi connectivity index (χ4v) is 2.88. The predicted molar refractivity (Wildman–Crippen MR) is 90.5 cm³/mol. The van der Waals surface area contributed by atoms with Gasteiger partial charge in [0.15, 0.2) is 0 Å². The zero-order valence-corrected chi connectivity index (χ0v) is 13.4. The fraction of sp³-hybridized carbons (Fsp3) is 0.300. The van der Waals surface area contributed by atoms with Gasteiger partial charge in [0.2, 0.25) is 0 Å². The van der Waals surface area contributed by atoms with Gasteiger partial charge in [-0.1, -0.05) is 43.0 Å². The van der Waals surface area contributed by atoms with Crippen molar-refractivity contribution < 1.29 is 13.2 Å². The van der Waals surface area contributed by atoms with E-state index in [2.05, 4.69) is 11.9 Å². The molecule has 24 heavy (non-hydrogen) atoms. The molecule has 2 aromatic rings. The first kappa shape index (κ1) is 16.6. The predicted octanol–water partition coefficient (Wildman–Crippen LogP) is 5.41. The van der Waals surface area contributed by atoms with E-state index in [1.807, 2.05) is 24.3 Å². The minimum Gasteiger partial charge on any atom is -0.382 e. The van der Waals surface area contributed by atoms with E-state index < -0.39 is 11.7 Å². The normalized spacial score (nSPS) is 15.0. The summed E-state index contributed by atoms with van der Waals surface area (Å²) in [5.41, 5.74) is 3.23. The number of rotatable bonds is 5. The van der Waals surface area contributed by atoms with Gasteiger partial charge < -0.3 is 5.32 Å². The summed E-state index contributed by atoms with van der Waals surface area (Å²) in [5, 5.41) is 3.44. The van der Waals surface area contributed by atoms with Crippen molar-refractivity contribution >= 4 is 5.70 Å². The van der Waals surface area contributed by atoms with E-state index in [4.69, 9.17) is 0 Å². The van der Waals surface area contributed by atoms with E-state index in [1.165, 1.54) is 19.3 Å². The van der Waals surface area contributed by atoms with Gasteiger partial charge in [-0.3, -0.25) is 0 Å². The highest BCUT2D eigenvalue weighted by atomic mass is 19.4. The lowest BCUT2D eigenvalue weighted by atomic mass is 9.91. The maximum absolute atomic E-state index is 12.7. The zero-order chi connectivity index (χ0) is 17.2. The van der Waals surface area contributed by atoms with Crippen LogP contribution in [0.1, 0.15) is 41.5 Å². The van der Waals surface area contributed by atoms with Crippen LogP contribution >= 0.6 is 0 Å². The van der Waals surface area contributed by atoms with E-state index in [1.54, 1.807) is 12.1 Å². The molecule has 126 valence electrons. The van der Waals surface area contributed by atoms with Crippen molar-refractivity contribution in [3.05, 3.63) is 77.4 Å². The van der Waals surface area contributed by atoms with Gasteiger partial charge in [0, 0.05) is 17.3 Å². The van der Waals surface area contributed by atoms with Crippen LogP contribution in [0.2, 0.25) is 0 Å². The second-order valence-electron chi connectivity index (χ2n) is 6.28. The summed E-state index contributed by atoms with van der Waals surface area (Å²) in [6.07, 6.45) is -0.130. The van der Waals surface area contributed by atoms with Crippen LogP contribution in [0.5, 0.6) is 0 Å². The number of nitrogens with one attached hydrogen (secondary N) is 1. The Balaban J connectivity index is 1.76. The Morgan fingerprint density at radius 3 is 2.29 bits per heavy atom. The summed E-state index contributed by atoms with van der Waals surface area (Å²) in [4.78, 5) is 0. The Morgan fingerprint density at radius 1 is 1.04 bits per heavy atom. The lowest BCUT2D eigenvalue weighted by Gasteiger charge is -2.29. The molecular formula is C20H20F3N. The van der Waals surface area contributed by atoms with Crippen molar-refractivity contribution in [2.24, 2.45) is 0 Å². The van der Waals surface area contributed by atoms with Gasteiger partial charge in [-0.25, -0.2) is 0 Å². The van der Waals surface area contributed by atoms with E-state index in [0.717, 1.165) is 34.5 Å². The molecule has 2 aromatic carbocycles. The molecule has 0 unspecified atom stereocenters. The van der Waals surface area contributed by atoms with Crippen LogP contribution in [0.25, 0.3) is 5.70 Å². The molecule has 1 saturated carbocycles. The van der Waals surface area contributed by atoms with Crippen molar-refractivity contribution in [3.63, 3.8) is 0 Å². The van der Waals surface area contributed by atoms with Crippen LogP contribution in [0.4, 0.5) is 13.2 Å². The second kappa shape index (κ2) is 6.71. The maximum atomic E-state index is 12.7. The third kappa shape index (κ3) is 3.81. The first-order valence-corrected chi connectivity index (χ1v) is 8.13. The molecule has 0 atom stereocenters. The average molecular weight is 331 g/mol. The Labute approximate surface area is 140 Å². The molecule has 0 amide bonds. The van der Waals surface area contributed by atoms with Crippen molar-refractivity contribution in [1.82, 2.24) is 5.32 Å². The van der Waals surface area contributed by atoms with E-state index in [0.29, 0.717) is 12.5 Å². The Bertz CT molecular complexity index is 712. The molecule has 0 spiro atoms. The van der Waals surface area contributed by atoms with Crippen LogP contribution in [0.3, 0.4) is 0 Å². The van der Waals surface area contributed by atoms with Gasteiger partial charge in [-0.05, 0) is 48.9 Å². The third-order valence-corrected chi connectivity index (χ3v) is 4.50.